The standard InChI is InChI=1S/C24H28F2N4O3/c1-16(31)29-12-14-30(15-13-29)21-7-6-20(23(27)32)22(28-21)17-2-4-18(5-3-17)33-19-8-10-24(25,26)11-9-19/h2-7,19H,8-15H2,1H3,(H2,27,32). The molecule has 176 valence electrons. The van der Waals surface area contributed by atoms with Crippen molar-refractivity contribution in [1.82, 2.24) is 9.88 Å². The van der Waals surface area contributed by atoms with Crippen LogP contribution in [-0.4, -0.2) is 59.9 Å². The van der Waals surface area contributed by atoms with Gasteiger partial charge < -0.3 is 20.3 Å². The topological polar surface area (TPSA) is 88.8 Å². The number of hydrogen-bond acceptors (Lipinski definition) is 5. The minimum atomic E-state index is -2.59. The number of carbonyl (C=O) groups is 2. The average Bonchev–Trinajstić information content (AvgIpc) is 2.80. The Morgan fingerprint density at radius 3 is 2.24 bits per heavy atom. The lowest BCUT2D eigenvalue weighted by molar-refractivity contribution is -0.129. The van der Waals surface area contributed by atoms with E-state index in [4.69, 9.17) is 15.5 Å². The van der Waals surface area contributed by atoms with E-state index in [0.717, 1.165) is 0 Å². The van der Waals surface area contributed by atoms with E-state index in [1.165, 1.54) is 0 Å². The number of carbonyl (C=O) groups excluding carboxylic acids is 2. The van der Waals surface area contributed by atoms with Crippen LogP contribution in [-0.2, 0) is 4.79 Å². The van der Waals surface area contributed by atoms with E-state index >= 15 is 0 Å². The van der Waals surface area contributed by atoms with E-state index in [0.29, 0.717) is 67.4 Å². The highest BCUT2D eigenvalue weighted by molar-refractivity contribution is 5.99. The monoisotopic (exact) mass is 458 g/mol. The molecule has 2 fully saturated rings. The third kappa shape index (κ3) is 5.40. The molecule has 9 heteroatoms. The summed E-state index contributed by atoms with van der Waals surface area (Å²) in [6, 6.07) is 10.5. The number of primary amides is 1. The fourth-order valence-corrected chi connectivity index (χ4v) is 4.31. The summed E-state index contributed by atoms with van der Waals surface area (Å²) in [7, 11) is 0. The van der Waals surface area contributed by atoms with Gasteiger partial charge in [-0.3, -0.25) is 9.59 Å². The molecule has 2 N–H and O–H groups in total. The first-order valence-electron chi connectivity index (χ1n) is 11.2. The zero-order chi connectivity index (χ0) is 23.6. The summed E-state index contributed by atoms with van der Waals surface area (Å²) in [6.45, 7) is 4.08. The van der Waals surface area contributed by atoms with Gasteiger partial charge in [0.2, 0.25) is 11.8 Å². The van der Waals surface area contributed by atoms with Crippen LogP contribution in [0.2, 0.25) is 0 Å². The molecule has 1 aromatic carbocycles. The number of benzene rings is 1. The molecule has 4 rings (SSSR count). The van der Waals surface area contributed by atoms with Crippen molar-refractivity contribution >= 4 is 17.6 Å². The Morgan fingerprint density at radius 1 is 1.03 bits per heavy atom. The molecule has 2 aliphatic rings. The SMILES string of the molecule is CC(=O)N1CCN(c2ccc(C(N)=O)c(-c3ccc(OC4CCC(F)(F)CC4)cc3)n2)CC1. The van der Waals surface area contributed by atoms with Gasteiger partial charge in [0, 0.05) is 51.5 Å². The van der Waals surface area contributed by atoms with Gasteiger partial charge in [0.1, 0.15) is 11.6 Å². The number of nitrogens with zero attached hydrogens (tertiary/aromatic N) is 3. The first kappa shape index (κ1) is 22.9. The zero-order valence-electron chi connectivity index (χ0n) is 18.6. The molecule has 2 aromatic rings. The van der Waals surface area contributed by atoms with Crippen LogP contribution in [0.4, 0.5) is 14.6 Å². The highest BCUT2D eigenvalue weighted by Crippen LogP contribution is 2.35. The maximum atomic E-state index is 13.4. The second kappa shape index (κ2) is 9.33. The van der Waals surface area contributed by atoms with E-state index in [1.54, 1.807) is 48.2 Å². The van der Waals surface area contributed by atoms with Crippen molar-refractivity contribution in [2.75, 3.05) is 31.1 Å². The van der Waals surface area contributed by atoms with Gasteiger partial charge in [0.15, 0.2) is 0 Å². The molecule has 0 spiro atoms. The second-order valence-electron chi connectivity index (χ2n) is 8.62. The van der Waals surface area contributed by atoms with E-state index < -0.39 is 11.8 Å². The summed E-state index contributed by atoms with van der Waals surface area (Å²) in [5, 5.41) is 0. The van der Waals surface area contributed by atoms with Crippen LogP contribution < -0.4 is 15.4 Å². The zero-order valence-corrected chi connectivity index (χ0v) is 18.6. The number of anilines is 1. The van der Waals surface area contributed by atoms with Gasteiger partial charge in [0.05, 0.1) is 17.4 Å². The fraction of sp³-hybridized carbons (Fsp3) is 0.458. The lowest BCUT2D eigenvalue weighted by Gasteiger charge is -2.35. The number of alkyl halides is 2. The molecule has 2 amide bonds. The lowest BCUT2D eigenvalue weighted by Crippen LogP contribution is -2.48. The highest BCUT2D eigenvalue weighted by atomic mass is 19.3. The highest BCUT2D eigenvalue weighted by Gasteiger charge is 2.35. The van der Waals surface area contributed by atoms with E-state index in [2.05, 4.69) is 4.90 Å². The van der Waals surface area contributed by atoms with Crippen molar-refractivity contribution in [3.63, 3.8) is 0 Å². The van der Waals surface area contributed by atoms with Gasteiger partial charge in [-0.05, 0) is 49.2 Å². The molecule has 0 unspecified atom stereocenters. The molecular weight excluding hydrogens is 430 g/mol. The molecule has 0 atom stereocenters. The Hall–Kier alpha value is -3.23. The Kier molecular flexibility index (Phi) is 6.49. The summed E-state index contributed by atoms with van der Waals surface area (Å²) in [5.41, 5.74) is 7.07. The quantitative estimate of drug-likeness (QED) is 0.741. The predicted molar refractivity (Wildman–Crippen MR) is 120 cm³/mol. The predicted octanol–water partition coefficient (Wildman–Crippen LogP) is 3.47. The summed E-state index contributed by atoms with van der Waals surface area (Å²) in [4.78, 5) is 32.2. The number of amides is 2. The molecule has 1 aliphatic heterocycles. The van der Waals surface area contributed by atoms with Crippen LogP contribution in [0.5, 0.6) is 5.75 Å². The minimum absolute atomic E-state index is 0.0524. The van der Waals surface area contributed by atoms with Crippen LogP contribution in [0.15, 0.2) is 36.4 Å². The summed E-state index contributed by atoms with van der Waals surface area (Å²) in [5.74, 6) is -1.82. The molecule has 1 saturated carbocycles. The number of hydrogen-bond donors (Lipinski definition) is 1. The third-order valence-electron chi connectivity index (χ3n) is 6.29. The molecule has 7 nitrogen and oxygen atoms in total. The first-order chi connectivity index (χ1) is 15.7. The van der Waals surface area contributed by atoms with Gasteiger partial charge >= 0.3 is 0 Å². The molecule has 1 aromatic heterocycles. The molecule has 33 heavy (non-hydrogen) atoms. The number of ether oxygens (including phenoxy) is 1. The number of pyridine rings is 1. The first-order valence-corrected chi connectivity index (χ1v) is 11.2. The number of piperazine rings is 1. The number of nitrogens with two attached hydrogens (primary N) is 1. The van der Waals surface area contributed by atoms with E-state index in [1.807, 2.05) is 0 Å². The largest absolute Gasteiger partial charge is 0.490 e. The maximum absolute atomic E-state index is 13.4. The summed E-state index contributed by atoms with van der Waals surface area (Å²) in [6.07, 6.45) is 0.0959. The van der Waals surface area contributed by atoms with Crippen molar-refractivity contribution < 1.29 is 23.1 Å². The molecule has 2 heterocycles. The number of halogens is 2. The lowest BCUT2D eigenvalue weighted by atomic mass is 9.94. The Balaban J connectivity index is 1.50. The Morgan fingerprint density at radius 2 is 1.67 bits per heavy atom. The van der Waals surface area contributed by atoms with Gasteiger partial charge in [-0.15, -0.1) is 0 Å². The molecular formula is C24H28F2N4O3. The average molecular weight is 459 g/mol. The molecule has 0 radical (unpaired) electrons. The van der Waals surface area contributed by atoms with Gasteiger partial charge in [0.25, 0.3) is 5.91 Å². The van der Waals surface area contributed by atoms with Crippen LogP contribution in [0.1, 0.15) is 43.0 Å². The van der Waals surface area contributed by atoms with Crippen LogP contribution >= 0.6 is 0 Å². The van der Waals surface area contributed by atoms with Crippen molar-refractivity contribution in [3.05, 3.63) is 42.0 Å². The van der Waals surface area contributed by atoms with Crippen molar-refractivity contribution in [3.8, 4) is 17.0 Å². The van der Waals surface area contributed by atoms with Crippen LogP contribution in [0.25, 0.3) is 11.3 Å². The Bertz CT molecular complexity index is 1010. The summed E-state index contributed by atoms with van der Waals surface area (Å²) >= 11 is 0. The van der Waals surface area contributed by atoms with Gasteiger partial charge in [-0.25, -0.2) is 13.8 Å². The van der Waals surface area contributed by atoms with Gasteiger partial charge in [-0.2, -0.15) is 0 Å². The molecule has 1 aliphatic carbocycles. The molecule has 1 saturated heterocycles. The van der Waals surface area contributed by atoms with Gasteiger partial charge in [-0.1, -0.05) is 0 Å². The second-order valence-corrected chi connectivity index (χ2v) is 8.62. The van der Waals surface area contributed by atoms with Crippen molar-refractivity contribution in [1.29, 1.82) is 0 Å². The number of aromatic nitrogens is 1. The maximum Gasteiger partial charge on any atom is 0.250 e. The Labute approximate surface area is 191 Å². The van der Waals surface area contributed by atoms with Crippen molar-refractivity contribution in [2.24, 2.45) is 5.73 Å². The van der Waals surface area contributed by atoms with E-state index in [-0.39, 0.29) is 24.9 Å². The fourth-order valence-electron chi connectivity index (χ4n) is 4.31. The minimum Gasteiger partial charge on any atom is -0.490 e. The van der Waals surface area contributed by atoms with E-state index in [9.17, 15) is 18.4 Å². The number of rotatable bonds is 5. The smallest absolute Gasteiger partial charge is 0.250 e. The summed E-state index contributed by atoms with van der Waals surface area (Å²) < 4.78 is 32.6. The third-order valence-corrected chi connectivity index (χ3v) is 6.29. The van der Waals surface area contributed by atoms with Crippen LogP contribution in [0.3, 0.4) is 0 Å². The van der Waals surface area contributed by atoms with Crippen molar-refractivity contribution in [2.45, 2.75) is 44.6 Å². The molecule has 0 bridgehead atoms. The normalized spacial score (nSPS) is 18.8. The van der Waals surface area contributed by atoms with Crippen LogP contribution in [0, 0.1) is 0 Å².